The van der Waals surface area contributed by atoms with Crippen molar-refractivity contribution in [3.8, 4) is 5.75 Å². The van der Waals surface area contributed by atoms with Gasteiger partial charge in [0.15, 0.2) is 0 Å². The number of rotatable bonds is 4. The molecule has 0 bridgehead atoms. The number of nitrogens with one attached hydrogen (secondary N) is 1. The molecule has 0 fully saturated rings. The fourth-order valence-electron chi connectivity index (χ4n) is 1.63. The van der Waals surface area contributed by atoms with Gasteiger partial charge >= 0.3 is 0 Å². The molecule has 0 saturated carbocycles. The summed E-state index contributed by atoms with van der Waals surface area (Å²) in [5.41, 5.74) is 7.48. The summed E-state index contributed by atoms with van der Waals surface area (Å²) in [7, 11) is 1.55. The molecule has 19 heavy (non-hydrogen) atoms. The van der Waals surface area contributed by atoms with Gasteiger partial charge in [0.1, 0.15) is 5.75 Å². The Hall–Kier alpha value is -2.14. The topological polar surface area (TPSA) is 77.5 Å². The van der Waals surface area contributed by atoms with Crippen LogP contribution in [-0.2, 0) is 6.54 Å². The highest BCUT2D eigenvalue weighted by molar-refractivity contribution is 6.32. The van der Waals surface area contributed by atoms with Gasteiger partial charge in [0.2, 0.25) is 5.22 Å². The number of halogens is 1. The first kappa shape index (κ1) is 13.3. The molecule has 0 radical (unpaired) electrons. The molecule has 0 spiro atoms. The van der Waals surface area contributed by atoms with Crippen molar-refractivity contribution >= 4 is 23.2 Å². The van der Waals surface area contributed by atoms with Crippen LogP contribution >= 0.6 is 11.6 Å². The normalized spacial score (nSPS) is 10.2. The molecular weight excluding hydrogens is 268 g/mol. The molecule has 6 heteroatoms. The lowest BCUT2D eigenvalue weighted by Gasteiger charge is -2.08. The van der Waals surface area contributed by atoms with E-state index in [1.807, 2.05) is 6.07 Å². The lowest BCUT2D eigenvalue weighted by Crippen LogP contribution is -2.22. The summed E-state index contributed by atoms with van der Waals surface area (Å²) >= 11 is 5.72. The number of amides is 1. The van der Waals surface area contributed by atoms with Gasteiger partial charge in [-0.15, -0.1) is 0 Å². The maximum absolute atomic E-state index is 11.8. The Morgan fingerprint density at radius 1 is 1.47 bits per heavy atom. The Morgan fingerprint density at radius 3 is 2.84 bits per heavy atom. The van der Waals surface area contributed by atoms with E-state index in [2.05, 4.69) is 5.32 Å². The van der Waals surface area contributed by atoms with Gasteiger partial charge < -0.3 is 20.2 Å². The van der Waals surface area contributed by atoms with E-state index in [0.717, 1.165) is 5.56 Å². The molecule has 0 saturated heterocycles. The third kappa shape index (κ3) is 3.00. The number of carbonyl (C=O) groups is 1. The van der Waals surface area contributed by atoms with E-state index in [-0.39, 0.29) is 11.1 Å². The van der Waals surface area contributed by atoms with Gasteiger partial charge in [-0.3, -0.25) is 4.79 Å². The second-order valence-corrected chi connectivity index (χ2v) is 4.21. The number of anilines is 1. The van der Waals surface area contributed by atoms with Crippen LogP contribution in [0.1, 0.15) is 15.9 Å². The lowest BCUT2D eigenvalue weighted by molar-refractivity contribution is 0.0950. The van der Waals surface area contributed by atoms with Crippen molar-refractivity contribution in [2.75, 3.05) is 12.8 Å². The first-order valence-electron chi connectivity index (χ1n) is 5.55. The Balaban J connectivity index is 2.01. The maximum atomic E-state index is 11.8. The van der Waals surface area contributed by atoms with E-state index < -0.39 is 0 Å². The van der Waals surface area contributed by atoms with Gasteiger partial charge in [0, 0.05) is 6.54 Å². The van der Waals surface area contributed by atoms with E-state index in [0.29, 0.717) is 23.5 Å². The van der Waals surface area contributed by atoms with Crippen LogP contribution < -0.4 is 15.8 Å². The number of benzene rings is 1. The highest BCUT2D eigenvalue weighted by atomic mass is 35.5. The van der Waals surface area contributed by atoms with Crippen molar-refractivity contribution in [2.45, 2.75) is 6.54 Å². The molecule has 0 unspecified atom stereocenters. The molecule has 1 heterocycles. The first-order chi connectivity index (χ1) is 9.11. The zero-order chi connectivity index (χ0) is 13.8. The summed E-state index contributed by atoms with van der Waals surface area (Å²) < 4.78 is 9.91. The van der Waals surface area contributed by atoms with Gasteiger partial charge in [-0.2, -0.15) is 0 Å². The summed E-state index contributed by atoms with van der Waals surface area (Å²) in [4.78, 5) is 11.8. The van der Waals surface area contributed by atoms with Gasteiger partial charge in [0.05, 0.1) is 24.6 Å². The van der Waals surface area contributed by atoms with Crippen LogP contribution in [0.2, 0.25) is 5.22 Å². The van der Waals surface area contributed by atoms with E-state index in [1.165, 1.54) is 12.3 Å². The number of methoxy groups -OCH3 is 1. The highest BCUT2D eigenvalue weighted by Crippen LogP contribution is 2.22. The molecule has 0 atom stereocenters. The van der Waals surface area contributed by atoms with Crippen LogP contribution in [0.4, 0.5) is 5.69 Å². The highest BCUT2D eigenvalue weighted by Gasteiger charge is 2.12. The van der Waals surface area contributed by atoms with Gasteiger partial charge in [-0.25, -0.2) is 0 Å². The summed E-state index contributed by atoms with van der Waals surface area (Å²) in [5.74, 6) is 0.307. The average molecular weight is 281 g/mol. The van der Waals surface area contributed by atoms with Crippen LogP contribution in [0, 0.1) is 0 Å². The number of hydrogen-bond acceptors (Lipinski definition) is 4. The number of furan rings is 1. The van der Waals surface area contributed by atoms with Crippen molar-refractivity contribution in [1.82, 2.24) is 5.32 Å². The fraction of sp³-hybridized carbons (Fsp3) is 0.154. The van der Waals surface area contributed by atoms with Crippen LogP contribution in [-0.4, -0.2) is 13.0 Å². The summed E-state index contributed by atoms with van der Waals surface area (Å²) in [6.07, 6.45) is 1.36. The van der Waals surface area contributed by atoms with Crippen molar-refractivity contribution < 1.29 is 13.9 Å². The maximum Gasteiger partial charge on any atom is 0.256 e. The molecule has 0 aliphatic heterocycles. The minimum atomic E-state index is -0.298. The Labute approximate surface area is 115 Å². The molecule has 5 nitrogen and oxygen atoms in total. The van der Waals surface area contributed by atoms with E-state index in [1.54, 1.807) is 19.2 Å². The second-order valence-electron chi connectivity index (χ2n) is 3.87. The largest absolute Gasteiger partial charge is 0.495 e. The molecular formula is C13H13ClN2O3. The zero-order valence-electron chi connectivity index (χ0n) is 10.3. The fourth-order valence-corrected chi connectivity index (χ4v) is 1.83. The van der Waals surface area contributed by atoms with Crippen LogP contribution in [0.15, 0.2) is 34.9 Å². The minimum Gasteiger partial charge on any atom is -0.495 e. The number of nitrogen functional groups attached to an aromatic ring is 1. The van der Waals surface area contributed by atoms with E-state index in [9.17, 15) is 4.79 Å². The summed E-state index contributed by atoms with van der Waals surface area (Å²) in [6, 6.07) is 6.84. The Morgan fingerprint density at radius 2 is 2.26 bits per heavy atom. The third-order valence-electron chi connectivity index (χ3n) is 2.61. The molecule has 1 amide bonds. The smallest absolute Gasteiger partial charge is 0.256 e. The standard InChI is InChI=1S/C13H13ClN2O3/c1-18-11-3-2-8(6-10(11)15)7-16-13(17)9-4-5-19-12(9)14/h2-6H,7,15H2,1H3,(H,16,17). The SMILES string of the molecule is COc1ccc(CNC(=O)c2ccoc2Cl)cc1N. The molecule has 2 rings (SSSR count). The predicted octanol–water partition coefficient (Wildman–Crippen LogP) is 2.45. The monoisotopic (exact) mass is 280 g/mol. The molecule has 2 aromatic rings. The quantitative estimate of drug-likeness (QED) is 0.843. The van der Waals surface area contributed by atoms with E-state index in [4.69, 9.17) is 26.5 Å². The van der Waals surface area contributed by atoms with Gasteiger partial charge in [-0.05, 0) is 35.4 Å². The molecule has 0 aliphatic carbocycles. The van der Waals surface area contributed by atoms with Gasteiger partial charge in [-0.1, -0.05) is 6.07 Å². The minimum absolute atomic E-state index is 0.0757. The predicted molar refractivity (Wildman–Crippen MR) is 72.3 cm³/mol. The summed E-state index contributed by atoms with van der Waals surface area (Å²) in [6.45, 7) is 0.342. The molecule has 0 aliphatic rings. The molecule has 1 aromatic carbocycles. The first-order valence-corrected chi connectivity index (χ1v) is 5.93. The zero-order valence-corrected chi connectivity index (χ0v) is 11.0. The van der Waals surface area contributed by atoms with E-state index >= 15 is 0 Å². The Kier molecular flexibility index (Phi) is 3.97. The van der Waals surface area contributed by atoms with Crippen molar-refractivity contribution in [2.24, 2.45) is 0 Å². The molecule has 3 N–H and O–H groups in total. The summed E-state index contributed by atoms with van der Waals surface area (Å²) in [5, 5.41) is 2.80. The van der Waals surface area contributed by atoms with Crippen LogP contribution in [0.3, 0.4) is 0 Å². The number of ether oxygens (including phenoxy) is 1. The number of nitrogens with two attached hydrogens (primary N) is 1. The number of hydrogen-bond donors (Lipinski definition) is 2. The molecule has 1 aromatic heterocycles. The Bertz CT molecular complexity index is 595. The average Bonchev–Trinajstić information content (AvgIpc) is 2.82. The van der Waals surface area contributed by atoms with Crippen LogP contribution in [0.5, 0.6) is 5.75 Å². The number of carbonyl (C=O) groups excluding carboxylic acids is 1. The third-order valence-corrected chi connectivity index (χ3v) is 2.90. The van der Waals surface area contributed by atoms with Crippen molar-refractivity contribution in [1.29, 1.82) is 0 Å². The lowest BCUT2D eigenvalue weighted by atomic mass is 10.2. The van der Waals surface area contributed by atoms with Gasteiger partial charge in [0.25, 0.3) is 5.91 Å². The molecule has 100 valence electrons. The van der Waals surface area contributed by atoms with Crippen molar-refractivity contribution in [3.63, 3.8) is 0 Å². The van der Waals surface area contributed by atoms with Crippen LogP contribution in [0.25, 0.3) is 0 Å². The van der Waals surface area contributed by atoms with Crippen molar-refractivity contribution in [3.05, 3.63) is 46.9 Å². The second kappa shape index (κ2) is 5.67.